The Bertz CT molecular complexity index is 648. The number of aromatic nitrogens is 2. The zero-order chi connectivity index (χ0) is 15.7. The molecule has 1 aliphatic heterocycles. The maximum atomic E-state index is 12.1. The van der Waals surface area contributed by atoms with Gasteiger partial charge in [-0.3, -0.25) is 4.79 Å². The van der Waals surface area contributed by atoms with E-state index in [0.29, 0.717) is 24.8 Å². The number of hydrogen-bond acceptors (Lipinski definition) is 5. The Morgan fingerprint density at radius 2 is 2.23 bits per heavy atom. The monoisotopic (exact) mass is 331 g/mol. The molecule has 0 aromatic carbocycles. The molecule has 1 fully saturated rings. The van der Waals surface area contributed by atoms with Gasteiger partial charge < -0.3 is 9.42 Å². The molecular formula is C13H12F3N3O2S. The summed E-state index contributed by atoms with van der Waals surface area (Å²) < 4.78 is 41.4. The molecular weight excluding hydrogens is 319 g/mol. The Balaban J connectivity index is 1.52. The topological polar surface area (TPSA) is 59.2 Å². The molecule has 0 spiro atoms. The van der Waals surface area contributed by atoms with Crippen LogP contribution < -0.4 is 0 Å². The summed E-state index contributed by atoms with van der Waals surface area (Å²) in [5.41, 5.74) is 0. The fourth-order valence-electron chi connectivity index (χ4n) is 2.15. The lowest BCUT2D eigenvalue weighted by Crippen LogP contribution is -2.48. The van der Waals surface area contributed by atoms with Crippen LogP contribution in [0, 0.1) is 0 Å². The number of amides is 1. The molecule has 2 aromatic heterocycles. The number of carbonyl (C=O) groups is 1. The van der Waals surface area contributed by atoms with Gasteiger partial charge in [0.25, 0.3) is 0 Å². The van der Waals surface area contributed by atoms with E-state index in [1.165, 1.54) is 16.2 Å². The predicted octanol–water partition coefficient (Wildman–Crippen LogP) is 3.07. The van der Waals surface area contributed by atoms with Crippen LogP contribution in [0.5, 0.6) is 0 Å². The van der Waals surface area contributed by atoms with Gasteiger partial charge in [0.05, 0.1) is 17.2 Å². The summed E-state index contributed by atoms with van der Waals surface area (Å²) in [6, 6.07) is 3.74. The summed E-state index contributed by atoms with van der Waals surface area (Å²) in [5, 5.41) is 5.77. The van der Waals surface area contributed by atoms with E-state index in [4.69, 9.17) is 4.52 Å². The van der Waals surface area contributed by atoms with Gasteiger partial charge in [-0.05, 0) is 11.4 Å². The number of carbonyl (C=O) groups excluding carboxylic acids is 1. The zero-order valence-corrected chi connectivity index (χ0v) is 12.2. The van der Waals surface area contributed by atoms with Crippen molar-refractivity contribution in [2.45, 2.75) is 24.9 Å². The van der Waals surface area contributed by atoms with Crippen molar-refractivity contribution in [3.63, 3.8) is 0 Å². The molecule has 0 saturated carbocycles. The molecule has 22 heavy (non-hydrogen) atoms. The van der Waals surface area contributed by atoms with E-state index in [1.54, 1.807) is 0 Å². The minimum absolute atomic E-state index is 0.101. The third-order valence-corrected chi connectivity index (χ3v) is 4.25. The van der Waals surface area contributed by atoms with E-state index in [9.17, 15) is 18.0 Å². The molecule has 0 atom stereocenters. The van der Waals surface area contributed by atoms with E-state index < -0.39 is 24.9 Å². The van der Waals surface area contributed by atoms with Crippen LogP contribution >= 0.6 is 11.3 Å². The molecule has 9 heteroatoms. The first-order valence-corrected chi connectivity index (χ1v) is 7.52. The highest BCUT2D eigenvalue weighted by Crippen LogP contribution is 2.30. The molecule has 5 nitrogen and oxygen atoms in total. The van der Waals surface area contributed by atoms with Crippen LogP contribution in [0.15, 0.2) is 22.0 Å². The van der Waals surface area contributed by atoms with E-state index in [1.807, 2.05) is 17.5 Å². The van der Waals surface area contributed by atoms with Crippen molar-refractivity contribution < 1.29 is 22.5 Å². The van der Waals surface area contributed by atoms with Gasteiger partial charge in [0, 0.05) is 19.5 Å². The number of hydrogen-bond donors (Lipinski definition) is 0. The molecule has 1 aliphatic rings. The Morgan fingerprint density at radius 1 is 1.45 bits per heavy atom. The summed E-state index contributed by atoms with van der Waals surface area (Å²) in [7, 11) is 0. The first-order chi connectivity index (χ1) is 10.4. The third kappa shape index (κ3) is 3.29. The van der Waals surface area contributed by atoms with E-state index >= 15 is 0 Å². The van der Waals surface area contributed by atoms with Crippen molar-refractivity contribution in [2.24, 2.45) is 0 Å². The second kappa shape index (κ2) is 5.71. The number of likely N-dealkylation sites (tertiary alicyclic amines) is 1. The van der Waals surface area contributed by atoms with Crippen LogP contribution in [0.4, 0.5) is 13.2 Å². The first kappa shape index (κ1) is 15.0. The number of alkyl halides is 3. The third-order valence-electron chi connectivity index (χ3n) is 3.39. The minimum atomic E-state index is -4.30. The van der Waals surface area contributed by atoms with Crippen molar-refractivity contribution in [3.05, 3.63) is 23.4 Å². The lowest BCUT2D eigenvalue weighted by molar-refractivity contribution is -0.151. The Hall–Kier alpha value is -1.90. The number of thiophene rings is 1. The molecule has 1 amide bonds. The van der Waals surface area contributed by atoms with Crippen LogP contribution in [0.1, 0.15) is 24.7 Å². The smallest absolute Gasteiger partial charge is 0.341 e. The summed E-state index contributed by atoms with van der Waals surface area (Å²) in [6.07, 6.45) is -5.90. The quantitative estimate of drug-likeness (QED) is 0.864. The van der Waals surface area contributed by atoms with Crippen molar-refractivity contribution in [2.75, 3.05) is 13.1 Å². The first-order valence-electron chi connectivity index (χ1n) is 6.64. The summed E-state index contributed by atoms with van der Waals surface area (Å²) in [5.74, 6) is 0.317. The minimum Gasteiger partial charge on any atom is -0.341 e. The van der Waals surface area contributed by atoms with E-state index in [2.05, 4.69) is 10.1 Å². The zero-order valence-electron chi connectivity index (χ0n) is 11.3. The SMILES string of the molecule is O=C(CCC(F)(F)F)N1CC(c2nc(-c3cccs3)no2)C1. The molecule has 0 N–H and O–H groups in total. The number of nitrogens with zero attached hydrogens (tertiary/aromatic N) is 3. The molecule has 0 bridgehead atoms. The highest BCUT2D eigenvalue weighted by atomic mass is 32.1. The molecule has 2 aromatic rings. The number of halogens is 3. The summed E-state index contributed by atoms with van der Waals surface area (Å²) in [4.78, 5) is 18.1. The molecule has 0 radical (unpaired) electrons. The van der Waals surface area contributed by atoms with E-state index in [0.717, 1.165) is 4.88 Å². The lowest BCUT2D eigenvalue weighted by Gasteiger charge is -2.37. The summed E-state index contributed by atoms with van der Waals surface area (Å²) in [6.45, 7) is 0.644. The van der Waals surface area contributed by atoms with Gasteiger partial charge in [-0.15, -0.1) is 11.3 Å². The molecule has 0 aliphatic carbocycles. The van der Waals surface area contributed by atoms with Crippen LogP contribution in [-0.2, 0) is 4.79 Å². The van der Waals surface area contributed by atoms with Crippen LogP contribution in [0.2, 0.25) is 0 Å². The van der Waals surface area contributed by atoms with Gasteiger partial charge in [0.15, 0.2) is 0 Å². The van der Waals surface area contributed by atoms with Gasteiger partial charge in [0.2, 0.25) is 17.6 Å². The standard InChI is InChI=1S/C13H12F3N3O2S/c14-13(15,16)4-3-10(20)19-6-8(7-19)12-17-11(18-21-12)9-2-1-5-22-9/h1-2,5,8H,3-4,6-7H2. The normalized spacial score (nSPS) is 15.9. The van der Waals surface area contributed by atoms with E-state index in [-0.39, 0.29) is 5.92 Å². The van der Waals surface area contributed by atoms with Crippen molar-refractivity contribution in [1.82, 2.24) is 15.0 Å². The molecule has 3 rings (SSSR count). The van der Waals surface area contributed by atoms with Crippen molar-refractivity contribution >= 4 is 17.2 Å². The number of rotatable bonds is 4. The van der Waals surface area contributed by atoms with Crippen LogP contribution in [-0.4, -0.2) is 40.2 Å². The van der Waals surface area contributed by atoms with Crippen molar-refractivity contribution in [3.8, 4) is 10.7 Å². The van der Waals surface area contributed by atoms with Crippen molar-refractivity contribution in [1.29, 1.82) is 0 Å². The second-order valence-electron chi connectivity index (χ2n) is 5.04. The lowest BCUT2D eigenvalue weighted by atomic mass is 9.99. The Labute approximate surface area is 127 Å². The average molecular weight is 331 g/mol. The van der Waals surface area contributed by atoms with Gasteiger partial charge in [-0.1, -0.05) is 11.2 Å². The average Bonchev–Trinajstić information content (AvgIpc) is 3.04. The maximum Gasteiger partial charge on any atom is 0.389 e. The molecule has 118 valence electrons. The Kier molecular flexibility index (Phi) is 3.90. The summed E-state index contributed by atoms with van der Waals surface area (Å²) >= 11 is 1.48. The van der Waals surface area contributed by atoms with Gasteiger partial charge in [-0.2, -0.15) is 18.2 Å². The predicted molar refractivity (Wildman–Crippen MR) is 72.2 cm³/mol. The Morgan fingerprint density at radius 3 is 2.86 bits per heavy atom. The fourth-order valence-corrected chi connectivity index (χ4v) is 2.80. The maximum absolute atomic E-state index is 12.1. The largest absolute Gasteiger partial charge is 0.389 e. The molecule has 0 unspecified atom stereocenters. The fraction of sp³-hybridized carbons (Fsp3) is 0.462. The van der Waals surface area contributed by atoms with Crippen LogP contribution in [0.3, 0.4) is 0 Å². The highest BCUT2D eigenvalue weighted by molar-refractivity contribution is 7.13. The van der Waals surface area contributed by atoms with Crippen LogP contribution in [0.25, 0.3) is 10.7 Å². The highest BCUT2D eigenvalue weighted by Gasteiger charge is 2.37. The second-order valence-corrected chi connectivity index (χ2v) is 5.99. The van der Waals surface area contributed by atoms with Gasteiger partial charge in [0.1, 0.15) is 0 Å². The van der Waals surface area contributed by atoms with Gasteiger partial charge in [-0.25, -0.2) is 0 Å². The molecule has 1 saturated heterocycles. The molecule has 3 heterocycles. The van der Waals surface area contributed by atoms with Gasteiger partial charge >= 0.3 is 6.18 Å².